The Labute approximate surface area is 100 Å². The molecule has 1 fully saturated rings. The van der Waals surface area contributed by atoms with Crippen LogP contribution in [-0.4, -0.2) is 43.8 Å². The van der Waals surface area contributed by atoms with E-state index in [1.54, 1.807) is 0 Å². The minimum absolute atomic E-state index is 0.482. The fourth-order valence-corrected chi connectivity index (χ4v) is 2.72. The van der Waals surface area contributed by atoms with Crippen LogP contribution >= 0.6 is 0 Å². The number of methoxy groups -OCH3 is 1. The Morgan fingerprint density at radius 1 is 1.31 bits per heavy atom. The lowest BCUT2D eigenvalue weighted by Gasteiger charge is -2.37. The van der Waals surface area contributed by atoms with Crippen molar-refractivity contribution >= 4 is 0 Å². The van der Waals surface area contributed by atoms with E-state index in [4.69, 9.17) is 10.5 Å². The smallest absolute Gasteiger partial charge is 0.0586 e. The topological polar surface area (TPSA) is 38.5 Å². The third-order valence-electron chi connectivity index (χ3n) is 3.61. The highest BCUT2D eigenvalue weighted by molar-refractivity contribution is 4.80. The lowest BCUT2D eigenvalue weighted by Crippen LogP contribution is -2.42. The molecule has 3 heteroatoms. The number of ether oxygens (including phenoxy) is 1. The molecule has 16 heavy (non-hydrogen) atoms. The SMILES string of the molecule is CCCN(CCCN)C1CCCC(OC)C1. The van der Waals surface area contributed by atoms with E-state index in [2.05, 4.69) is 11.8 Å². The largest absolute Gasteiger partial charge is 0.381 e. The van der Waals surface area contributed by atoms with E-state index < -0.39 is 0 Å². The summed E-state index contributed by atoms with van der Waals surface area (Å²) in [5.74, 6) is 0. The molecular weight excluding hydrogens is 200 g/mol. The van der Waals surface area contributed by atoms with Gasteiger partial charge in [0, 0.05) is 13.2 Å². The maximum absolute atomic E-state index is 5.60. The molecule has 2 atom stereocenters. The Morgan fingerprint density at radius 2 is 2.12 bits per heavy atom. The van der Waals surface area contributed by atoms with E-state index in [9.17, 15) is 0 Å². The molecule has 0 bridgehead atoms. The third kappa shape index (κ3) is 4.40. The van der Waals surface area contributed by atoms with E-state index in [1.165, 1.54) is 38.6 Å². The fraction of sp³-hybridized carbons (Fsp3) is 1.00. The van der Waals surface area contributed by atoms with Crippen molar-refractivity contribution in [3.05, 3.63) is 0 Å². The molecule has 2 unspecified atom stereocenters. The molecule has 3 nitrogen and oxygen atoms in total. The van der Waals surface area contributed by atoms with E-state index in [0.29, 0.717) is 6.10 Å². The molecule has 1 aliphatic carbocycles. The van der Waals surface area contributed by atoms with Gasteiger partial charge < -0.3 is 15.4 Å². The van der Waals surface area contributed by atoms with E-state index in [1.807, 2.05) is 7.11 Å². The summed E-state index contributed by atoms with van der Waals surface area (Å²) in [7, 11) is 1.84. The number of nitrogens with two attached hydrogens (primary N) is 1. The second kappa shape index (κ2) is 8.04. The van der Waals surface area contributed by atoms with Crippen molar-refractivity contribution in [1.29, 1.82) is 0 Å². The first-order valence-electron chi connectivity index (χ1n) is 6.78. The number of rotatable bonds is 7. The van der Waals surface area contributed by atoms with Gasteiger partial charge in [0.05, 0.1) is 6.10 Å². The zero-order chi connectivity index (χ0) is 11.8. The molecule has 96 valence electrons. The van der Waals surface area contributed by atoms with Crippen LogP contribution in [0.1, 0.15) is 45.4 Å². The lowest BCUT2D eigenvalue weighted by atomic mass is 9.91. The molecule has 0 radical (unpaired) electrons. The molecule has 0 aliphatic heterocycles. The van der Waals surface area contributed by atoms with Crippen LogP contribution in [0.2, 0.25) is 0 Å². The first-order chi connectivity index (χ1) is 7.81. The van der Waals surface area contributed by atoms with Crippen LogP contribution in [0.15, 0.2) is 0 Å². The van der Waals surface area contributed by atoms with E-state index in [0.717, 1.165) is 25.6 Å². The van der Waals surface area contributed by atoms with Gasteiger partial charge in [0.25, 0.3) is 0 Å². The van der Waals surface area contributed by atoms with E-state index in [-0.39, 0.29) is 0 Å². The number of hydrogen-bond acceptors (Lipinski definition) is 3. The monoisotopic (exact) mass is 228 g/mol. The highest BCUT2D eigenvalue weighted by Crippen LogP contribution is 2.25. The molecule has 0 heterocycles. The second-order valence-electron chi connectivity index (χ2n) is 4.86. The van der Waals surface area contributed by atoms with Gasteiger partial charge in [-0.15, -0.1) is 0 Å². The molecular formula is C13H28N2O. The quantitative estimate of drug-likeness (QED) is 0.724. The van der Waals surface area contributed by atoms with Crippen LogP contribution in [0, 0.1) is 0 Å². The Hall–Kier alpha value is -0.120. The van der Waals surface area contributed by atoms with Gasteiger partial charge in [0.15, 0.2) is 0 Å². The van der Waals surface area contributed by atoms with Gasteiger partial charge in [0.1, 0.15) is 0 Å². The zero-order valence-corrected chi connectivity index (χ0v) is 11.0. The Kier molecular flexibility index (Phi) is 7.01. The molecule has 0 saturated heterocycles. The Balaban J connectivity index is 2.41. The average Bonchev–Trinajstić information content (AvgIpc) is 2.34. The summed E-state index contributed by atoms with van der Waals surface area (Å²) < 4.78 is 5.50. The molecule has 2 N–H and O–H groups in total. The second-order valence-corrected chi connectivity index (χ2v) is 4.86. The van der Waals surface area contributed by atoms with Gasteiger partial charge in [0.2, 0.25) is 0 Å². The molecule has 0 amide bonds. The average molecular weight is 228 g/mol. The van der Waals surface area contributed by atoms with Gasteiger partial charge >= 0.3 is 0 Å². The predicted octanol–water partition coefficient (Wildman–Crippen LogP) is 2.00. The lowest BCUT2D eigenvalue weighted by molar-refractivity contribution is 0.0276. The summed E-state index contributed by atoms with van der Waals surface area (Å²) in [6.45, 7) is 5.43. The van der Waals surface area contributed by atoms with Crippen LogP contribution in [0.4, 0.5) is 0 Å². The minimum atomic E-state index is 0.482. The highest BCUT2D eigenvalue weighted by atomic mass is 16.5. The van der Waals surface area contributed by atoms with Crippen LogP contribution in [0.3, 0.4) is 0 Å². The molecule has 0 spiro atoms. The minimum Gasteiger partial charge on any atom is -0.381 e. The van der Waals surface area contributed by atoms with Crippen LogP contribution in [0.5, 0.6) is 0 Å². The maximum atomic E-state index is 5.60. The van der Waals surface area contributed by atoms with Gasteiger partial charge in [-0.3, -0.25) is 0 Å². The predicted molar refractivity (Wildman–Crippen MR) is 68.6 cm³/mol. The van der Waals surface area contributed by atoms with Crippen molar-refractivity contribution in [3.8, 4) is 0 Å². The number of nitrogens with zero attached hydrogens (tertiary/aromatic N) is 1. The molecule has 1 aliphatic rings. The zero-order valence-electron chi connectivity index (χ0n) is 11.0. The standard InChI is InChI=1S/C13H28N2O/c1-3-9-15(10-5-8-14)12-6-4-7-13(11-12)16-2/h12-13H,3-11,14H2,1-2H3. The summed E-state index contributed by atoms with van der Waals surface area (Å²) in [5.41, 5.74) is 5.60. The molecule has 1 rings (SSSR count). The van der Waals surface area contributed by atoms with Crippen LogP contribution in [-0.2, 0) is 4.74 Å². The van der Waals surface area contributed by atoms with Crippen LogP contribution < -0.4 is 5.73 Å². The molecule has 0 aromatic rings. The van der Waals surface area contributed by atoms with Gasteiger partial charge in [-0.1, -0.05) is 6.92 Å². The molecule has 0 aromatic carbocycles. The van der Waals surface area contributed by atoms with Crippen molar-refractivity contribution in [2.75, 3.05) is 26.7 Å². The Morgan fingerprint density at radius 3 is 2.75 bits per heavy atom. The van der Waals surface area contributed by atoms with Crippen molar-refractivity contribution in [1.82, 2.24) is 4.90 Å². The van der Waals surface area contributed by atoms with Gasteiger partial charge in [-0.2, -0.15) is 0 Å². The van der Waals surface area contributed by atoms with Crippen molar-refractivity contribution < 1.29 is 4.74 Å². The van der Waals surface area contributed by atoms with Crippen molar-refractivity contribution in [2.45, 2.75) is 57.6 Å². The normalized spacial score (nSPS) is 26.2. The summed E-state index contributed by atoms with van der Waals surface area (Å²) in [6.07, 6.45) is 7.94. The van der Waals surface area contributed by atoms with Crippen LogP contribution in [0.25, 0.3) is 0 Å². The highest BCUT2D eigenvalue weighted by Gasteiger charge is 2.25. The van der Waals surface area contributed by atoms with Gasteiger partial charge in [-0.05, 0) is 58.2 Å². The summed E-state index contributed by atoms with van der Waals surface area (Å²) in [5, 5.41) is 0. The van der Waals surface area contributed by atoms with Crippen molar-refractivity contribution in [2.24, 2.45) is 5.73 Å². The van der Waals surface area contributed by atoms with E-state index >= 15 is 0 Å². The van der Waals surface area contributed by atoms with Crippen molar-refractivity contribution in [3.63, 3.8) is 0 Å². The summed E-state index contributed by atoms with van der Waals surface area (Å²) in [4.78, 5) is 2.62. The molecule has 1 saturated carbocycles. The molecule has 0 aromatic heterocycles. The van der Waals surface area contributed by atoms with Gasteiger partial charge in [-0.25, -0.2) is 0 Å². The Bertz CT molecular complexity index is 173. The first kappa shape index (κ1) is 13.9. The number of hydrogen-bond donors (Lipinski definition) is 1. The fourth-order valence-electron chi connectivity index (χ4n) is 2.72. The summed E-state index contributed by atoms with van der Waals surface area (Å²) >= 11 is 0. The third-order valence-corrected chi connectivity index (χ3v) is 3.61. The summed E-state index contributed by atoms with van der Waals surface area (Å²) in [6, 6.07) is 0.727. The first-order valence-corrected chi connectivity index (χ1v) is 6.78. The maximum Gasteiger partial charge on any atom is 0.0586 e.